The Balaban J connectivity index is 2.46. The lowest BCUT2D eigenvalue weighted by Gasteiger charge is -2.04. The van der Waals surface area contributed by atoms with Crippen LogP contribution in [0.25, 0.3) is 0 Å². The Bertz CT molecular complexity index is 235. The Morgan fingerprint density at radius 1 is 1.33 bits per heavy atom. The summed E-state index contributed by atoms with van der Waals surface area (Å²) >= 11 is 4.08. The van der Waals surface area contributed by atoms with Gasteiger partial charge in [-0.2, -0.15) is 12.6 Å². The van der Waals surface area contributed by atoms with Gasteiger partial charge in [-0.15, -0.1) is 0 Å². The maximum atomic E-state index is 4.08. The molecule has 0 saturated carbocycles. The maximum Gasteiger partial charge on any atom is 0.0387 e. The fourth-order valence-electron chi connectivity index (χ4n) is 1.19. The number of rotatable bonds is 4. The predicted molar refractivity (Wildman–Crippen MR) is 56.7 cm³/mol. The van der Waals surface area contributed by atoms with Crippen molar-refractivity contribution < 1.29 is 0 Å². The third kappa shape index (κ3) is 2.88. The van der Waals surface area contributed by atoms with Crippen LogP contribution in [0.5, 0.6) is 0 Å². The molecular weight excluding hydrogens is 166 g/mol. The molecule has 0 atom stereocenters. The highest BCUT2D eigenvalue weighted by atomic mass is 32.1. The van der Waals surface area contributed by atoms with Crippen molar-refractivity contribution in [2.45, 2.75) is 13.3 Å². The first-order valence-corrected chi connectivity index (χ1v) is 4.84. The van der Waals surface area contributed by atoms with Crippen molar-refractivity contribution in [2.24, 2.45) is 0 Å². The highest BCUT2D eigenvalue weighted by Gasteiger charge is 1.94. The topological polar surface area (TPSA) is 12.0 Å². The number of benzene rings is 1. The van der Waals surface area contributed by atoms with Gasteiger partial charge in [-0.1, -0.05) is 24.3 Å². The molecule has 0 bridgehead atoms. The second kappa shape index (κ2) is 5.22. The molecule has 1 aromatic rings. The molecule has 0 spiro atoms. The lowest BCUT2D eigenvalue weighted by atomic mass is 10.1. The van der Waals surface area contributed by atoms with Gasteiger partial charge < -0.3 is 5.32 Å². The summed E-state index contributed by atoms with van der Waals surface area (Å²) in [5, 5.41) is 3.19. The molecule has 2 heteroatoms. The summed E-state index contributed by atoms with van der Waals surface area (Å²) < 4.78 is 0. The number of nitrogens with one attached hydrogen (secondary N) is 1. The van der Waals surface area contributed by atoms with E-state index in [9.17, 15) is 0 Å². The largest absolute Gasteiger partial charge is 0.308 e. The number of thiol groups is 1. The molecule has 66 valence electrons. The van der Waals surface area contributed by atoms with Gasteiger partial charge in [0.15, 0.2) is 0 Å². The molecule has 0 heterocycles. The van der Waals surface area contributed by atoms with E-state index in [-0.39, 0.29) is 0 Å². The Hall–Kier alpha value is -0.470. The van der Waals surface area contributed by atoms with Crippen molar-refractivity contribution in [3.05, 3.63) is 35.4 Å². The number of hydrogen-bond donors (Lipinski definition) is 2. The van der Waals surface area contributed by atoms with Gasteiger partial charge in [0.2, 0.25) is 0 Å². The smallest absolute Gasteiger partial charge is 0.0387 e. The van der Waals surface area contributed by atoms with E-state index in [0.717, 1.165) is 18.8 Å². The highest BCUT2D eigenvalue weighted by Crippen LogP contribution is 2.06. The minimum Gasteiger partial charge on any atom is -0.308 e. The molecular formula is C10H15NS. The van der Waals surface area contributed by atoms with Crippen molar-refractivity contribution in [1.29, 1.82) is 0 Å². The second-order valence-corrected chi connectivity index (χ2v) is 3.15. The first-order chi connectivity index (χ1) is 5.84. The molecule has 0 aliphatic carbocycles. The van der Waals surface area contributed by atoms with Crippen molar-refractivity contribution in [2.75, 3.05) is 12.4 Å². The summed E-state index contributed by atoms with van der Waals surface area (Å²) in [7, 11) is 0. The average molecular weight is 181 g/mol. The van der Waals surface area contributed by atoms with Crippen LogP contribution in [0.4, 0.5) is 0 Å². The molecule has 0 aromatic heterocycles. The quantitative estimate of drug-likeness (QED) is 0.411. The minimum atomic E-state index is 0.756. The van der Waals surface area contributed by atoms with Crippen molar-refractivity contribution >= 4 is 12.6 Å². The SMILES string of the molecule is Cc1ccccc1CCNCS. The van der Waals surface area contributed by atoms with Crippen molar-refractivity contribution in [3.63, 3.8) is 0 Å². The fraction of sp³-hybridized carbons (Fsp3) is 0.400. The lowest BCUT2D eigenvalue weighted by molar-refractivity contribution is 0.773. The number of hydrogen-bond acceptors (Lipinski definition) is 2. The van der Waals surface area contributed by atoms with Gasteiger partial charge in [0.25, 0.3) is 0 Å². The van der Waals surface area contributed by atoms with Gasteiger partial charge in [0.1, 0.15) is 0 Å². The third-order valence-electron chi connectivity index (χ3n) is 1.94. The molecule has 1 aromatic carbocycles. The molecule has 0 aliphatic heterocycles. The van der Waals surface area contributed by atoms with E-state index in [2.05, 4.69) is 49.1 Å². The zero-order valence-electron chi connectivity index (χ0n) is 7.38. The second-order valence-electron chi connectivity index (χ2n) is 2.83. The van der Waals surface area contributed by atoms with Gasteiger partial charge in [-0.3, -0.25) is 0 Å². The average Bonchev–Trinajstić information content (AvgIpc) is 2.09. The van der Waals surface area contributed by atoms with Gasteiger partial charge in [0.05, 0.1) is 0 Å². The summed E-state index contributed by atoms with van der Waals surface area (Å²) in [6.45, 7) is 3.16. The van der Waals surface area contributed by atoms with E-state index in [1.807, 2.05) is 0 Å². The van der Waals surface area contributed by atoms with E-state index >= 15 is 0 Å². The summed E-state index contributed by atoms with van der Waals surface area (Å²) in [6, 6.07) is 8.49. The van der Waals surface area contributed by atoms with Gasteiger partial charge in [-0.25, -0.2) is 0 Å². The van der Waals surface area contributed by atoms with Crippen LogP contribution in [0.15, 0.2) is 24.3 Å². The summed E-state index contributed by atoms with van der Waals surface area (Å²) in [5.74, 6) is 0.756. The van der Waals surface area contributed by atoms with Gasteiger partial charge in [0, 0.05) is 5.88 Å². The number of aryl methyl sites for hydroxylation is 1. The molecule has 0 amide bonds. The fourth-order valence-corrected chi connectivity index (χ4v) is 1.35. The molecule has 0 radical (unpaired) electrons. The van der Waals surface area contributed by atoms with Crippen LogP contribution in [0.1, 0.15) is 11.1 Å². The summed E-state index contributed by atoms with van der Waals surface area (Å²) in [4.78, 5) is 0. The van der Waals surface area contributed by atoms with E-state index in [4.69, 9.17) is 0 Å². The minimum absolute atomic E-state index is 0.756. The van der Waals surface area contributed by atoms with Crippen LogP contribution < -0.4 is 5.32 Å². The van der Waals surface area contributed by atoms with Crippen LogP contribution in [-0.2, 0) is 6.42 Å². The standard InChI is InChI=1S/C10H15NS/c1-9-4-2-3-5-10(9)6-7-11-8-12/h2-5,11-12H,6-8H2,1H3. The predicted octanol–water partition coefficient (Wildman–Crippen LogP) is 2.01. The van der Waals surface area contributed by atoms with Crippen molar-refractivity contribution in [1.82, 2.24) is 5.32 Å². The summed E-state index contributed by atoms with van der Waals surface area (Å²) in [6.07, 6.45) is 1.09. The Kier molecular flexibility index (Phi) is 4.19. The molecule has 0 saturated heterocycles. The van der Waals surface area contributed by atoms with E-state index in [0.29, 0.717) is 0 Å². The molecule has 0 aliphatic rings. The molecule has 12 heavy (non-hydrogen) atoms. The zero-order chi connectivity index (χ0) is 8.81. The first-order valence-electron chi connectivity index (χ1n) is 4.20. The molecule has 0 unspecified atom stereocenters. The Morgan fingerprint density at radius 3 is 2.75 bits per heavy atom. The Morgan fingerprint density at radius 2 is 2.08 bits per heavy atom. The normalized spacial score (nSPS) is 10.2. The van der Waals surface area contributed by atoms with Crippen LogP contribution in [0.2, 0.25) is 0 Å². The van der Waals surface area contributed by atoms with E-state index in [1.165, 1.54) is 11.1 Å². The Labute approximate surface area is 79.6 Å². The first kappa shape index (κ1) is 9.62. The zero-order valence-corrected chi connectivity index (χ0v) is 8.27. The van der Waals surface area contributed by atoms with Crippen LogP contribution in [0.3, 0.4) is 0 Å². The monoisotopic (exact) mass is 181 g/mol. The third-order valence-corrected chi connectivity index (χ3v) is 2.17. The summed E-state index contributed by atoms with van der Waals surface area (Å²) in [5.41, 5.74) is 2.80. The molecule has 1 rings (SSSR count). The molecule has 1 nitrogen and oxygen atoms in total. The highest BCUT2D eigenvalue weighted by molar-refractivity contribution is 7.80. The van der Waals surface area contributed by atoms with Crippen LogP contribution in [0, 0.1) is 6.92 Å². The lowest BCUT2D eigenvalue weighted by Crippen LogP contribution is -2.15. The van der Waals surface area contributed by atoms with Crippen molar-refractivity contribution in [3.8, 4) is 0 Å². The van der Waals surface area contributed by atoms with Crippen LogP contribution in [-0.4, -0.2) is 12.4 Å². The van der Waals surface area contributed by atoms with E-state index < -0.39 is 0 Å². The molecule has 1 N–H and O–H groups in total. The van der Waals surface area contributed by atoms with Gasteiger partial charge in [-0.05, 0) is 31.0 Å². The van der Waals surface area contributed by atoms with E-state index in [1.54, 1.807) is 0 Å². The maximum absolute atomic E-state index is 4.08. The van der Waals surface area contributed by atoms with Gasteiger partial charge >= 0.3 is 0 Å². The molecule has 0 fully saturated rings. The van der Waals surface area contributed by atoms with Crippen LogP contribution >= 0.6 is 12.6 Å².